The molecule has 0 radical (unpaired) electrons. The highest BCUT2D eigenvalue weighted by Gasteiger charge is 2.21. The lowest BCUT2D eigenvalue weighted by Crippen LogP contribution is -2.24. The average molecular weight is 275 g/mol. The fraction of sp³-hybridized carbons (Fsp3) is 0.765. The Bertz CT molecular complexity index is 411. The number of hydrogen-bond acceptors (Lipinski definition) is 3. The van der Waals surface area contributed by atoms with E-state index in [0.29, 0.717) is 12.0 Å². The molecule has 0 amide bonds. The maximum absolute atomic E-state index is 4.80. The van der Waals surface area contributed by atoms with Gasteiger partial charge < -0.3 is 5.32 Å². The van der Waals surface area contributed by atoms with Crippen LogP contribution in [0.1, 0.15) is 74.6 Å². The quantitative estimate of drug-likeness (QED) is 0.805. The summed E-state index contributed by atoms with van der Waals surface area (Å²) in [4.78, 5) is 9.60. The zero-order chi connectivity index (χ0) is 14.5. The summed E-state index contributed by atoms with van der Waals surface area (Å²) >= 11 is 0. The van der Waals surface area contributed by atoms with E-state index in [0.717, 1.165) is 25.2 Å². The zero-order valence-corrected chi connectivity index (χ0v) is 13.5. The van der Waals surface area contributed by atoms with Gasteiger partial charge in [-0.25, -0.2) is 9.97 Å². The van der Waals surface area contributed by atoms with Crippen LogP contribution in [0.2, 0.25) is 0 Å². The normalized spacial score (nSPS) is 16.2. The lowest BCUT2D eigenvalue weighted by Gasteiger charge is -2.14. The van der Waals surface area contributed by atoms with Crippen molar-refractivity contribution in [2.75, 3.05) is 6.54 Å². The van der Waals surface area contributed by atoms with Gasteiger partial charge in [0.05, 0.1) is 0 Å². The Balaban J connectivity index is 1.99. The standard InChI is InChI=1S/C17H29N3/c1-12(2)18-11-7-10-16-13(3)19-17(20-14(16)4)15-8-5-6-9-15/h12,15,18H,5-11H2,1-4H3. The van der Waals surface area contributed by atoms with Crippen LogP contribution in [0.5, 0.6) is 0 Å². The molecule has 20 heavy (non-hydrogen) atoms. The van der Waals surface area contributed by atoms with Crippen molar-refractivity contribution in [2.45, 2.75) is 78.2 Å². The first kappa shape index (κ1) is 15.4. The van der Waals surface area contributed by atoms with Gasteiger partial charge in [0, 0.05) is 23.3 Å². The lowest BCUT2D eigenvalue weighted by atomic mass is 10.0. The van der Waals surface area contributed by atoms with E-state index in [9.17, 15) is 0 Å². The molecule has 112 valence electrons. The Morgan fingerprint density at radius 1 is 1.10 bits per heavy atom. The molecule has 1 fully saturated rings. The monoisotopic (exact) mass is 275 g/mol. The van der Waals surface area contributed by atoms with Crippen molar-refractivity contribution >= 4 is 0 Å². The van der Waals surface area contributed by atoms with Crippen LogP contribution < -0.4 is 5.32 Å². The third kappa shape index (κ3) is 4.02. The summed E-state index contributed by atoms with van der Waals surface area (Å²) in [5, 5.41) is 3.47. The molecule has 3 heteroatoms. The van der Waals surface area contributed by atoms with Gasteiger partial charge in [-0.2, -0.15) is 0 Å². The van der Waals surface area contributed by atoms with Crippen LogP contribution in [0.3, 0.4) is 0 Å². The van der Waals surface area contributed by atoms with E-state index in [2.05, 4.69) is 33.0 Å². The fourth-order valence-electron chi connectivity index (χ4n) is 3.15. The SMILES string of the molecule is Cc1nc(C2CCCC2)nc(C)c1CCCNC(C)C. The summed E-state index contributed by atoms with van der Waals surface area (Å²) in [6, 6.07) is 0.568. The van der Waals surface area contributed by atoms with Crippen LogP contribution in [0.15, 0.2) is 0 Å². The van der Waals surface area contributed by atoms with Gasteiger partial charge in [-0.05, 0) is 51.6 Å². The Morgan fingerprint density at radius 3 is 2.25 bits per heavy atom. The predicted octanol–water partition coefficient (Wildman–Crippen LogP) is 3.68. The van der Waals surface area contributed by atoms with Gasteiger partial charge in [0.2, 0.25) is 0 Å². The van der Waals surface area contributed by atoms with E-state index < -0.39 is 0 Å². The minimum atomic E-state index is 0.568. The third-order valence-electron chi connectivity index (χ3n) is 4.31. The molecular weight excluding hydrogens is 246 g/mol. The molecule has 1 saturated carbocycles. The van der Waals surface area contributed by atoms with Gasteiger partial charge in [-0.15, -0.1) is 0 Å². The second-order valence-corrected chi connectivity index (χ2v) is 6.42. The first-order chi connectivity index (χ1) is 9.58. The van der Waals surface area contributed by atoms with Crippen molar-refractivity contribution in [3.05, 3.63) is 22.8 Å². The number of rotatable bonds is 6. The molecule has 0 unspecified atom stereocenters. The van der Waals surface area contributed by atoms with Crippen LogP contribution in [-0.2, 0) is 6.42 Å². The van der Waals surface area contributed by atoms with E-state index in [1.807, 2.05) is 0 Å². The van der Waals surface area contributed by atoms with Crippen molar-refractivity contribution in [1.82, 2.24) is 15.3 Å². The molecule has 0 aromatic carbocycles. The largest absolute Gasteiger partial charge is 0.315 e. The van der Waals surface area contributed by atoms with Crippen molar-refractivity contribution in [2.24, 2.45) is 0 Å². The minimum Gasteiger partial charge on any atom is -0.315 e. The lowest BCUT2D eigenvalue weighted by molar-refractivity contribution is 0.568. The highest BCUT2D eigenvalue weighted by Crippen LogP contribution is 2.32. The zero-order valence-electron chi connectivity index (χ0n) is 13.5. The highest BCUT2D eigenvalue weighted by atomic mass is 14.9. The predicted molar refractivity (Wildman–Crippen MR) is 84.2 cm³/mol. The number of nitrogens with zero attached hydrogens (tertiary/aromatic N) is 2. The van der Waals surface area contributed by atoms with Crippen molar-refractivity contribution in [3.8, 4) is 0 Å². The molecule has 1 aromatic rings. The molecule has 0 aliphatic heterocycles. The average Bonchev–Trinajstić information content (AvgIpc) is 2.90. The van der Waals surface area contributed by atoms with E-state index in [4.69, 9.17) is 9.97 Å². The highest BCUT2D eigenvalue weighted by molar-refractivity contribution is 5.25. The van der Waals surface area contributed by atoms with Gasteiger partial charge >= 0.3 is 0 Å². The maximum atomic E-state index is 4.80. The van der Waals surface area contributed by atoms with Gasteiger partial charge in [0.1, 0.15) is 5.82 Å². The molecular formula is C17H29N3. The molecule has 0 spiro atoms. The van der Waals surface area contributed by atoms with Gasteiger partial charge in [0.15, 0.2) is 0 Å². The van der Waals surface area contributed by atoms with E-state index in [1.165, 1.54) is 42.6 Å². The molecule has 1 aliphatic rings. The molecule has 1 N–H and O–H groups in total. The second kappa shape index (κ2) is 7.16. The molecule has 1 aromatic heterocycles. The molecule has 0 bridgehead atoms. The van der Waals surface area contributed by atoms with E-state index >= 15 is 0 Å². The summed E-state index contributed by atoms with van der Waals surface area (Å²) in [6.07, 6.45) is 7.48. The Labute approximate surface area is 123 Å². The number of aromatic nitrogens is 2. The number of hydrogen-bond donors (Lipinski definition) is 1. The van der Waals surface area contributed by atoms with Gasteiger partial charge in [-0.3, -0.25) is 0 Å². The summed E-state index contributed by atoms with van der Waals surface area (Å²) in [5.41, 5.74) is 3.75. The van der Waals surface area contributed by atoms with Gasteiger partial charge in [-0.1, -0.05) is 26.7 Å². The van der Waals surface area contributed by atoms with Crippen LogP contribution in [0.4, 0.5) is 0 Å². The summed E-state index contributed by atoms with van der Waals surface area (Å²) in [5.74, 6) is 1.71. The van der Waals surface area contributed by atoms with Crippen molar-refractivity contribution in [3.63, 3.8) is 0 Å². The summed E-state index contributed by atoms with van der Waals surface area (Å²) < 4.78 is 0. The van der Waals surface area contributed by atoms with Crippen LogP contribution in [-0.4, -0.2) is 22.6 Å². The first-order valence-electron chi connectivity index (χ1n) is 8.15. The minimum absolute atomic E-state index is 0.568. The first-order valence-corrected chi connectivity index (χ1v) is 8.15. The molecule has 3 nitrogen and oxygen atoms in total. The maximum Gasteiger partial charge on any atom is 0.131 e. The Hall–Kier alpha value is -0.960. The Morgan fingerprint density at radius 2 is 1.70 bits per heavy atom. The third-order valence-corrected chi connectivity index (χ3v) is 4.31. The van der Waals surface area contributed by atoms with Crippen LogP contribution >= 0.6 is 0 Å². The molecule has 0 saturated heterocycles. The van der Waals surface area contributed by atoms with E-state index in [-0.39, 0.29) is 0 Å². The van der Waals surface area contributed by atoms with E-state index in [1.54, 1.807) is 0 Å². The Kier molecular flexibility index (Phi) is 5.53. The summed E-state index contributed by atoms with van der Waals surface area (Å²) in [6.45, 7) is 9.75. The topological polar surface area (TPSA) is 37.8 Å². The molecule has 2 rings (SSSR count). The molecule has 1 aliphatic carbocycles. The van der Waals surface area contributed by atoms with Crippen LogP contribution in [0, 0.1) is 13.8 Å². The van der Waals surface area contributed by atoms with Crippen molar-refractivity contribution in [1.29, 1.82) is 0 Å². The fourth-order valence-corrected chi connectivity index (χ4v) is 3.15. The van der Waals surface area contributed by atoms with Gasteiger partial charge in [0.25, 0.3) is 0 Å². The number of aryl methyl sites for hydroxylation is 2. The number of nitrogens with one attached hydrogen (secondary N) is 1. The second-order valence-electron chi connectivity index (χ2n) is 6.42. The van der Waals surface area contributed by atoms with Crippen molar-refractivity contribution < 1.29 is 0 Å². The smallest absolute Gasteiger partial charge is 0.131 e. The molecule has 1 heterocycles. The molecule has 0 atom stereocenters. The summed E-state index contributed by atoms with van der Waals surface area (Å²) in [7, 11) is 0. The van der Waals surface area contributed by atoms with Crippen LogP contribution in [0.25, 0.3) is 0 Å².